The largest absolute Gasteiger partial charge is 0.326 e. The Morgan fingerprint density at radius 3 is 2.11 bits per heavy atom. The third kappa shape index (κ3) is 1.86. The average molecular weight is 255 g/mol. The van der Waals surface area contributed by atoms with Crippen molar-refractivity contribution in [1.82, 2.24) is 0 Å². The van der Waals surface area contributed by atoms with Crippen LogP contribution in [0.1, 0.15) is 55.2 Å². The Bertz CT molecular complexity index is 467. The van der Waals surface area contributed by atoms with Crippen LogP contribution in [0.5, 0.6) is 0 Å². The van der Waals surface area contributed by atoms with Gasteiger partial charge in [-0.1, -0.05) is 23.8 Å². The lowest BCUT2D eigenvalue weighted by atomic mass is 9.48. The van der Waals surface area contributed by atoms with Gasteiger partial charge in [0.2, 0.25) is 0 Å². The van der Waals surface area contributed by atoms with Gasteiger partial charge in [-0.25, -0.2) is 0 Å². The molecule has 4 saturated carbocycles. The maximum absolute atomic E-state index is 5.88. The van der Waals surface area contributed by atoms with Gasteiger partial charge in [0.15, 0.2) is 0 Å². The van der Waals surface area contributed by atoms with Crippen LogP contribution in [0.2, 0.25) is 0 Å². The first kappa shape index (κ1) is 12.0. The topological polar surface area (TPSA) is 26.0 Å². The zero-order valence-electron chi connectivity index (χ0n) is 12.0. The maximum Gasteiger partial charge on any atom is 0.0178 e. The minimum absolute atomic E-state index is 0.519. The molecule has 5 rings (SSSR count). The summed E-state index contributed by atoms with van der Waals surface area (Å²) in [6.45, 7) is 2.91. The van der Waals surface area contributed by atoms with Gasteiger partial charge in [-0.15, -0.1) is 0 Å². The number of hydrogen-bond acceptors (Lipinski definition) is 1. The maximum atomic E-state index is 5.88. The van der Waals surface area contributed by atoms with Crippen LogP contribution in [-0.2, 0) is 12.0 Å². The molecule has 1 nitrogen and oxygen atoms in total. The molecule has 1 aromatic rings. The lowest BCUT2D eigenvalue weighted by molar-refractivity contribution is -0.00524. The van der Waals surface area contributed by atoms with Crippen molar-refractivity contribution in [2.24, 2.45) is 23.5 Å². The molecule has 19 heavy (non-hydrogen) atoms. The third-order valence-corrected chi connectivity index (χ3v) is 6.02. The zero-order chi connectivity index (χ0) is 13.0. The Morgan fingerprint density at radius 1 is 1.00 bits per heavy atom. The summed E-state index contributed by atoms with van der Waals surface area (Å²) in [4.78, 5) is 0. The van der Waals surface area contributed by atoms with Gasteiger partial charge in [0.05, 0.1) is 0 Å². The van der Waals surface area contributed by atoms with E-state index in [-0.39, 0.29) is 0 Å². The number of aryl methyl sites for hydroxylation is 1. The van der Waals surface area contributed by atoms with Crippen molar-refractivity contribution in [3.8, 4) is 0 Å². The van der Waals surface area contributed by atoms with Crippen molar-refractivity contribution >= 4 is 0 Å². The first-order valence-corrected chi connectivity index (χ1v) is 7.98. The minimum atomic E-state index is 0.519. The molecule has 1 aromatic carbocycles. The highest BCUT2D eigenvalue weighted by Crippen LogP contribution is 2.60. The van der Waals surface area contributed by atoms with E-state index in [4.69, 9.17) is 5.73 Å². The Kier molecular flexibility index (Phi) is 2.57. The molecule has 0 amide bonds. The SMILES string of the molecule is Cc1cc(CN)cc(C23CC4CC(CC(C4)C2)C3)c1. The second-order valence-electron chi connectivity index (χ2n) is 7.61. The molecule has 4 aliphatic rings. The Morgan fingerprint density at radius 2 is 1.58 bits per heavy atom. The van der Waals surface area contributed by atoms with Crippen molar-refractivity contribution in [3.05, 3.63) is 34.9 Å². The van der Waals surface area contributed by atoms with Gasteiger partial charge < -0.3 is 5.73 Å². The monoisotopic (exact) mass is 255 g/mol. The summed E-state index contributed by atoms with van der Waals surface area (Å²) in [5, 5.41) is 0. The van der Waals surface area contributed by atoms with E-state index in [1.54, 1.807) is 5.56 Å². The van der Waals surface area contributed by atoms with Crippen molar-refractivity contribution in [2.75, 3.05) is 0 Å². The summed E-state index contributed by atoms with van der Waals surface area (Å²) in [5.74, 6) is 3.06. The minimum Gasteiger partial charge on any atom is -0.326 e. The molecule has 0 spiro atoms. The smallest absolute Gasteiger partial charge is 0.0178 e. The highest BCUT2D eigenvalue weighted by atomic mass is 14.6. The number of nitrogens with two attached hydrogens (primary N) is 1. The van der Waals surface area contributed by atoms with Gasteiger partial charge in [0.1, 0.15) is 0 Å². The fourth-order valence-corrected chi connectivity index (χ4v) is 5.75. The first-order valence-electron chi connectivity index (χ1n) is 7.98. The fraction of sp³-hybridized carbons (Fsp3) is 0.667. The molecule has 0 saturated heterocycles. The molecule has 2 N–H and O–H groups in total. The normalized spacial score (nSPS) is 39.8. The Hall–Kier alpha value is -0.820. The molecular weight excluding hydrogens is 230 g/mol. The first-order chi connectivity index (χ1) is 9.17. The van der Waals surface area contributed by atoms with E-state index in [0.29, 0.717) is 12.0 Å². The van der Waals surface area contributed by atoms with Crippen LogP contribution in [-0.4, -0.2) is 0 Å². The lowest BCUT2D eigenvalue weighted by Crippen LogP contribution is -2.48. The molecule has 0 heterocycles. The molecule has 4 bridgehead atoms. The lowest BCUT2D eigenvalue weighted by Gasteiger charge is -2.57. The fourth-order valence-electron chi connectivity index (χ4n) is 5.75. The highest BCUT2D eigenvalue weighted by molar-refractivity contribution is 5.36. The molecule has 0 radical (unpaired) electrons. The van der Waals surface area contributed by atoms with E-state index in [2.05, 4.69) is 25.1 Å². The van der Waals surface area contributed by atoms with E-state index < -0.39 is 0 Å². The van der Waals surface area contributed by atoms with Crippen molar-refractivity contribution in [2.45, 2.75) is 57.4 Å². The molecule has 0 atom stereocenters. The average Bonchev–Trinajstić information content (AvgIpc) is 2.36. The van der Waals surface area contributed by atoms with Crippen LogP contribution < -0.4 is 5.73 Å². The summed E-state index contributed by atoms with van der Waals surface area (Å²) in [7, 11) is 0. The van der Waals surface area contributed by atoms with Crippen LogP contribution >= 0.6 is 0 Å². The van der Waals surface area contributed by atoms with Crippen LogP contribution in [0, 0.1) is 24.7 Å². The Balaban J connectivity index is 1.77. The summed E-state index contributed by atoms with van der Waals surface area (Å²) in [5.41, 5.74) is 10.7. The van der Waals surface area contributed by atoms with Gasteiger partial charge in [0, 0.05) is 6.54 Å². The third-order valence-electron chi connectivity index (χ3n) is 6.02. The second kappa shape index (κ2) is 4.09. The summed E-state index contributed by atoms with van der Waals surface area (Å²) >= 11 is 0. The second-order valence-corrected chi connectivity index (χ2v) is 7.61. The van der Waals surface area contributed by atoms with Crippen LogP contribution in [0.25, 0.3) is 0 Å². The van der Waals surface area contributed by atoms with Gasteiger partial charge in [-0.2, -0.15) is 0 Å². The summed E-state index contributed by atoms with van der Waals surface area (Å²) in [6, 6.07) is 7.12. The standard InChI is InChI=1S/C18H25N/c1-12-2-16(11-19)7-17(3-12)18-8-13-4-14(9-18)6-15(5-13)10-18/h2-3,7,13-15H,4-6,8-11,19H2,1H3. The van der Waals surface area contributed by atoms with Gasteiger partial charge in [0.25, 0.3) is 0 Å². The molecule has 4 aliphatic carbocycles. The van der Waals surface area contributed by atoms with Gasteiger partial charge >= 0.3 is 0 Å². The molecular formula is C18H25N. The summed E-state index contributed by atoms with van der Waals surface area (Å²) in [6.07, 6.45) is 8.92. The number of hydrogen-bond donors (Lipinski definition) is 1. The van der Waals surface area contributed by atoms with E-state index in [9.17, 15) is 0 Å². The molecule has 102 valence electrons. The zero-order valence-corrected chi connectivity index (χ0v) is 12.0. The van der Waals surface area contributed by atoms with Crippen LogP contribution in [0.3, 0.4) is 0 Å². The predicted molar refractivity (Wildman–Crippen MR) is 78.9 cm³/mol. The molecule has 0 aliphatic heterocycles. The summed E-state index contributed by atoms with van der Waals surface area (Å²) < 4.78 is 0. The molecule has 0 unspecified atom stereocenters. The molecule has 0 aromatic heterocycles. The van der Waals surface area contributed by atoms with E-state index in [1.165, 1.54) is 49.7 Å². The molecule has 4 fully saturated rings. The van der Waals surface area contributed by atoms with Gasteiger partial charge in [-0.3, -0.25) is 0 Å². The van der Waals surface area contributed by atoms with Crippen LogP contribution in [0.15, 0.2) is 18.2 Å². The molecule has 1 heteroatoms. The number of benzene rings is 1. The predicted octanol–water partition coefficient (Wildman–Crippen LogP) is 3.92. The van der Waals surface area contributed by atoms with Gasteiger partial charge in [-0.05, 0) is 79.7 Å². The van der Waals surface area contributed by atoms with Crippen molar-refractivity contribution in [3.63, 3.8) is 0 Å². The number of rotatable bonds is 2. The van der Waals surface area contributed by atoms with E-state index >= 15 is 0 Å². The quantitative estimate of drug-likeness (QED) is 0.851. The van der Waals surface area contributed by atoms with E-state index in [0.717, 1.165) is 17.8 Å². The van der Waals surface area contributed by atoms with Crippen LogP contribution in [0.4, 0.5) is 0 Å². The Labute approximate surface area is 116 Å². The van der Waals surface area contributed by atoms with Crippen molar-refractivity contribution < 1.29 is 0 Å². The van der Waals surface area contributed by atoms with Crippen molar-refractivity contribution in [1.29, 1.82) is 0 Å². The van der Waals surface area contributed by atoms with E-state index in [1.807, 2.05) is 0 Å². The highest BCUT2D eigenvalue weighted by Gasteiger charge is 2.51.